The summed E-state index contributed by atoms with van der Waals surface area (Å²) in [6, 6.07) is 15.4. The quantitative estimate of drug-likeness (QED) is 0.384. The second-order valence-electron chi connectivity index (χ2n) is 5.74. The smallest absolute Gasteiger partial charge is 0.188 e. The van der Waals surface area contributed by atoms with Gasteiger partial charge < -0.3 is 11.1 Å². The Labute approximate surface area is 166 Å². The van der Waals surface area contributed by atoms with E-state index in [1.807, 2.05) is 24.3 Å². The molecule has 0 saturated heterocycles. The van der Waals surface area contributed by atoms with E-state index in [9.17, 15) is 8.42 Å². The fourth-order valence-corrected chi connectivity index (χ4v) is 3.40. The number of sulfone groups is 1. The van der Waals surface area contributed by atoms with Gasteiger partial charge in [0.25, 0.3) is 0 Å². The normalized spacial score (nSPS) is 11.7. The van der Waals surface area contributed by atoms with Gasteiger partial charge in [-0.3, -0.25) is 0 Å². The minimum Gasteiger partial charge on any atom is -0.370 e. The van der Waals surface area contributed by atoms with E-state index in [1.165, 1.54) is 11.8 Å². The van der Waals surface area contributed by atoms with Crippen molar-refractivity contribution in [3.05, 3.63) is 65.2 Å². The standard InChI is InChI=1S/C18H23N3O2S.HI/c1-14-12-16(8-9-17(14)24(2,22)23)13-21-18(19)20-11-10-15-6-4-3-5-7-15;/h3-9,12H,10-11,13H2,1-2H3,(H3,19,20,21);1H. The lowest BCUT2D eigenvalue weighted by Gasteiger charge is -2.07. The van der Waals surface area contributed by atoms with Crippen molar-refractivity contribution in [1.29, 1.82) is 0 Å². The molecule has 0 aliphatic heterocycles. The van der Waals surface area contributed by atoms with Gasteiger partial charge in [0.05, 0.1) is 11.4 Å². The van der Waals surface area contributed by atoms with Gasteiger partial charge in [-0.05, 0) is 36.1 Å². The summed E-state index contributed by atoms with van der Waals surface area (Å²) in [5, 5.41) is 3.08. The van der Waals surface area contributed by atoms with E-state index in [4.69, 9.17) is 5.73 Å². The SMILES string of the molecule is Cc1cc(CN=C(N)NCCc2ccccc2)ccc1S(C)(=O)=O.I. The molecule has 3 N–H and O–H groups in total. The Hall–Kier alpha value is -1.61. The van der Waals surface area contributed by atoms with E-state index in [0.29, 0.717) is 23.9 Å². The number of hydrogen-bond donors (Lipinski definition) is 2. The first-order valence-corrected chi connectivity index (χ1v) is 9.63. The highest BCUT2D eigenvalue weighted by Crippen LogP contribution is 2.17. The van der Waals surface area contributed by atoms with Crippen LogP contribution in [0.3, 0.4) is 0 Å². The molecule has 25 heavy (non-hydrogen) atoms. The zero-order valence-corrected chi connectivity index (χ0v) is 17.5. The van der Waals surface area contributed by atoms with Gasteiger partial charge in [0.1, 0.15) is 0 Å². The van der Waals surface area contributed by atoms with Crippen LogP contribution in [0.25, 0.3) is 0 Å². The lowest BCUT2D eigenvalue weighted by Crippen LogP contribution is -2.33. The molecule has 2 aromatic rings. The van der Waals surface area contributed by atoms with Gasteiger partial charge in [0, 0.05) is 12.8 Å². The van der Waals surface area contributed by atoms with Crippen LogP contribution in [0.1, 0.15) is 16.7 Å². The average molecular weight is 473 g/mol. The number of nitrogens with zero attached hydrogens (tertiary/aromatic N) is 1. The highest BCUT2D eigenvalue weighted by Gasteiger charge is 2.10. The minimum absolute atomic E-state index is 0. The minimum atomic E-state index is -3.19. The Morgan fingerprint density at radius 2 is 1.80 bits per heavy atom. The Morgan fingerprint density at radius 1 is 1.12 bits per heavy atom. The molecule has 0 aliphatic carbocycles. The zero-order valence-electron chi connectivity index (χ0n) is 14.4. The Bertz CT molecular complexity index is 821. The maximum atomic E-state index is 11.6. The second-order valence-corrected chi connectivity index (χ2v) is 7.72. The molecule has 0 radical (unpaired) electrons. The maximum Gasteiger partial charge on any atom is 0.188 e. The van der Waals surface area contributed by atoms with Gasteiger partial charge in [0.2, 0.25) is 0 Å². The number of nitrogens with one attached hydrogen (secondary N) is 1. The van der Waals surface area contributed by atoms with Crippen molar-refractivity contribution >= 4 is 39.8 Å². The van der Waals surface area contributed by atoms with Crippen LogP contribution in [-0.2, 0) is 22.8 Å². The number of hydrogen-bond acceptors (Lipinski definition) is 3. The lowest BCUT2D eigenvalue weighted by atomic mass is 10.1. The van der Waals surface area contributed by atoms with E-state index in [1.54, 1.807) is 19.1 Å². The van der Waals surface area contributed by atoms with E-state index >= 15 is 0 Å². The molecule has 2 rings (SSSR count). The number of benzene rings is 2. The summed E-state index contributed by atoms with van der Waals surface area (Å²) in [6.45, 7) is 2.91. The highest BCUT2D eigenvalue weighted by atomic mass is 127. The van der Waals surface area contributed by atoms with E-state index in [0.717, 1.165) is 17.5 Å². The predicted molar refractivity (Wildman–Crippen MR) is 113 cm³/mol. The molecule has 0 bridgehead atoms. The van der Waals surface area contributed by atoms with Crippen molar-refractivity contribution in [3.8, 4) is 0 Å². The van der Waals surface area contributed by atoms with Crippen LogP contribution in [0.15, 0.2) is 58.4 Å². The molecule has 2 aromatic carbocycles. The summed E-state index contributed by atoms with van der Waals surface area (Å²) in [6.07, 6.45) is 2.08. The first-order valence-electron chi connectivity index (χ1n) is 7.73. The summed E-state index contributed by atoms with van der Waals surface area (Å²) >= 11 is 0. The second kappa shape index (κ2) is 9.76. The molecule has 0 unspecified atom stereocenters. The van der Waals surface area contributed by atoms with Gasteiger partial charge in [-0.15, -0.1) is 24.0 Å². The number of nitrogens with two attached hydrogens (primary N) is 1. The van der Waals surface area contributed by atoms with Crippen molar-refractivity contribution in [1.82, 2.24) is 5.32 Å². The molecule has 0 aromatic heterocycles. The Balaban J connectivity index is 0.00000312. The predicted octanol–water partition coefficient (Wildman–Crippen LogP) is 2.66. The number of aryl methyl sites for hydroxylation is 1. The van der Waals surface area contributed by atoms with Gasteiger partial charge in [-0.25, -0.2) is 13.4 Å². The maximum absolute atomic E-state index is 11.6. The third-order valence-electron chi connectivity index (χ3n) is 3.63. The molecule has 5 nitrogen and oxygen atoms in total. The molecule has 136 valence electrons. The monoisotopic (exact) mass is 473 g/mol. The molecular weight excluding hydrogens is 449 g/mol. The van der Waals surface area contributed by atoms with Crippen LogP contribution in [0.4, 0.5) is 0 Å². The van der Waals surface area contributed by atoms with Crippen LogP contribution in [0.5, 0.6) is 0 Å². The van der Waals surface area contributed by atoms with Crippen molar-refractivity contribution in [2.24, 2.45) is 10.7 Å². The number of aliphatic imine (C=N–C) groups is 1. The van der Waals surface area contributed by atoms with Gasteiger partial charge >= 0.3 is 0 Å². The first kappa shape index (κ1) is 21.4. The van der Waals surface area contributed by atoms with Crippen molar-refractivity contribution in [2.45, 2.75) is 24.8 Å². The van der Waals surface area contributed by atoms with E-state index in [-0.39, 0.29) is 24.0 Å². The first-order chi connectivity index (χ1) is 11.4. The molecule has 0 atom stereocenters. The van der Waals surface area contributed by atoms with Crippen LogP contribution in [-0.4, -0.2) is 27.2 Å². The molecule has 0 aliphatic rings. The van der Waals surface area contributed by atoms with Crippen molar-refractivity contribution < 1.29 is 8.42 Å². The molecule has 0 saturated carbocycles. The Kier molecular flexibility index (Phi) is 8.37. The van der Waals surface area contributed by atoms with E-state index in [2.05, 4.69) is 22.4 Å². The van der Waals surface area contributed by atoms with Crippen LogP contribution in [0, 0.1) is 6.92 Å². The van der Waals surface area contributed by atoms with Gasteiger partial charge in [-0.1, -0.05) is 42.5 Å². The summed E-state index contributed by atoms with van der Waals surface area (Å²) in [5.74, 6) is 0.385. The highest BCUT2D eigenvalue weighted by molar-refractivity contribution is 14.0. The molecular formula is C18H24IN3O2S. The average Bonchev–Trinajstić information content (AvgIpc) is 2.53. The van der Waals surface area contributed by atoms with Gasteiger partial charge in [0.15, 0.2) is 15.8 Å². The fraction of sp³-hybridized carbons (Fsp3) is 0.278. The Morgan fingerprint density at radius 3 is 2.40 bits per heavy atom. The number of guanidine groups is 1. The third kappa shape index (κ3) is 7.03. The molecule has 0 spiro atoms. The lowest BCUT2D eigenvalue weighted by molar-refractivity contribution is 0.601. The molecule has 0 fully saturated rings. The van der Waals surface area contributed by atoms with E-state index < -0.39 is 9.84 Å². The topological polar surface area (TPSA) is 84.5 Å². The summed E-state index contributed by atoms with van der Waals surface area (Å²) in [7, 11) is -3.19. The summed E-state index contributed by atoms with van der Waals surface area (Å²) in [4.78, 5) is 4.64. The molecule has 0 heterocycles. The molecule has 7 heteroatoms. The van der Waals surface area contributed by atoms with Crippen LogP contribution in [0.2, 0.25) is 0 Å². The third-order valence-corrected chi connectivity index (χ3v) is 4.89. The van der Waals surface area contributed by atoms with Crippen molar-refractivity contribution in [3.63, 3.8) is 0 Å². The fourth-order valence-electron chi connectivity index (χ4n) is 2.44. The number of halogens is 1. The summed E-state index contributed by atoms with van der Waals surface area (Å²) in [5.41, 5.74) is 8.75. The zero-order chi connectivity index (χ0) is 17.6. The molecule has 0 amide bonds. The number of rotatable bonds is 6. The van der Waals surface area contributed by atoms with Crippen LogP contribution >= 0.6 is 24.0 Å². The summed E-state index contributed by atoms with van der Waals surface area (Å²) < 4.78 is 23.2. The van der Waals surface area contributed by atoms with Crippen LogP contribution < -0.4 is 11.1 Å². The van der Waals surface area contributed by atoms with Gasteiger partial charge in [-0.2, -0.15) is 0 Å². The van der Waals surface area contributed by atoms with Crippen molar-refractivity contribution in [2.75, 3.05) is 12.8 Å². The largest absolute Gasteiger partial charge is 0.370 e.